The largest absolute Gasteiger partial charge is 0.481 e. The summed E-state index contributed by atoms with van der Waals surface area (Å²) in [7, 11) is 0. The Morgan fingerprint density at radius 1 is 1.59 bits per heavy atom. The Morgan fingerprint density at radius 3 is 2.94 bits per heavy atom. The molecular formula is C10H13N3O3S. The Kier molecular flexibility index (Phi) is 3.58. The third-order valence-electron chi connectivity index (χ3n) is 2.58. The average Bonchev–Trinajstić information content (AvgIpc) is 2.71. The molecule has 17 heavy (non-hydrogen) atoms. The number of carboxylic acid groups (broad SMARTS) is 1. The molecule has 0 radical (unpaired) electrons. The lowest BCUT2D eigenvalue weighted by Crippen LogP contribution is -2.54. The van der Waals surface area contributed by atoms with Crippen LogP contribution in [0.5, 0.6) is 0 Å². The highest BCUT2D eigenvalue weighted by Gasteiger charge is 2.31. The van der Waals surface area contributed by atoms with Gasteiger partial charge in [-0.05, 0) is 0 Å². The quantitative estimate of drug-likeness (QED) is 0.832. The van der Waals surface area contributed by atoms with Crippen molar-refractivity contribution >= 4 is 23.3 Å². The van der Waals surface area contributed by atoms with Crippen molar-refractivity contribution < 1.29 is 14.7 Å². The molecule has 1 aromatic heterocycles. The third kappa shape index (κ3) is 3.16. The van der Waals surface area contributed by atoms with E-state index in [2.05, 4.69) is 10.3 Å². The van der Waals surface area contributed by atoms with Crippen LogP contribution < -0.4 is 5.32 Å². The number of amides is 2. The lowest BCUT2D eigenvalue weighted by Gasteiger charge is -2.38. The first-order valence-electron chi connectivity index (χ1n) is 5.28. The third-order valence-corrected chi connectivity index (χ3v) is 3.36. The standard InChI is InChI=1S/C10H13N3O3S/c14-9(15)3-7-5-13(6-7)10(16)12-4-8-11-1-2-17-8/h1-2,7H,3-6H2,(H,12,16)(H,14,15). The molecule has 0 saturated carbocycles. The van der Waals surface area contributed by atoms with Crippen molar-refractivity contribution in [2.24, 2.45) is 5.92 Å². The van der Waals surface area contributed by atoms with Crippen LogP contribution in [0.25, 0.3) is 0 Å². The molecule has 0 aliphatic carbocycles. The maximum absolute atomic E-state index is 11.6. The molecule has 1 aliphatic heterocycles. The summed E-state index contributed by atoms with van der Waals surface area (Å²) in [5, 5.41) is 14.0. The van der Waals surface area contributed by atoms with Crippen molar-refractivity contribution in [2.75, 3.05) is 13.1 Å². The Hall–Kier alpha value is -1.63. The van der Waals surface area contributed by atoms with Crippen LogP contribution in [0.15, 0.2) is 11.6 Å². The van der Waals surface area contributed by atoms with Crippen molar-refractivity contribution in [2.45, 2.75) is 13.0 Å². The number of nitrogens with zero attached hydrogens (tertiary/aromatic N) is 2. The molecule has 92 valence electrons. The van der Waals surface area contributed by atoms with Crippen molar-refractivity contribution in [1.82, 2.24) is 15.2 Å². The van der Waals surface area contributed by atoms with Crippen LogP contribution in [-0.4, -0.2) is 40.1 Å². The maximum atomic E-state index is 11.6. The SMILES string of the molecule is O=C(O)CC1CN(C(=O)NCc2nccs2)C1. The van der Waals surface area contributed by atoms with Gasteiger partial charge in [-0.15, -0.1) is 11.3 Å². The van der Waals surface area contributed by atoms with Crippen molar-refractivity contribution in [1.29, 1.82) is 0 Å². The van der Waals surface area contributed by atoms with Crippen molar-refractivity contribution in [3.05, 3.63) is 16.6 Å². The zero-order valence-corrected chi connectivity index (χ0v) is 9.94. The van der Waals surface area contributed by atoms with Crippen molar-refractivity contribution in [3.8, 4) is 0 Å². The summed E-state index contributed by atoms with van der Waals surface area (Å²) >= 11 is 1.49. The van der Waals surface area contributed by atoms with E-state index in [0.29, 0.717) is 19.6 Å². The number of aromatic nitrogens is 1. The second-order valence-corrected chi connectivity index (χ2v) is 4.93. The highest BCUT2D eigenvalue weighted by molar-refractivity contribution is 7.09. The highest BCUT2D eigenvalue weighted by Crippen LogP contribution is 2.18. The van der Waals surface area contributed by atoms with E-state index in [-0.39, 0.29) is 18.4 Å². The summed E-state index contributed by atoms with van der Waals surface area (Å²) in [4.78, 5) is 27.7. The fraction of sp³-hybridized carbons (Fsp3) is 0.500. The van der Waals surface area contributed by atoms with Gasteiger partial charge in [0.1, 0.15) is 5.01 Å². The van der Waals surface area contributed by atoms with Crippen LogP contribution in [-0.2, 0) is 11.3 Å². The van der Waals surface area contributed by atoms with E-state index in [1.165, 1.54) is 11.3 Å². The summed E-state index contributed by atoms with van der Waals surface area (Å²) < 4.78 is 0. The number of hydrogen-bond donors (Lipinski definition) is 2. The fourth-order valence-electron chi connectivity index (χ4n) is 1.72. The van der Waals surface area contributed by atoms with E-state index in [0.717, 1.165) is 5.01 Å². The number of likely N-dealkylation sites (tertiary alicyclic amines) is 1. The predicted octanol–water partition coefficient (Wildman–Crippen LogP) is 0.759. The van der Waals surface area contributed by atoms with Gasteiger partial charge in [0.05, 0.1) is 13.0 Å². The first-order valence-corrected chi connectivity index (χ1v) is 6.16. The molecular weight excluding hydrogens is 242 g/mol. The van der Waals surface area contributed by atoms with Crippen LogP contribution in [0.1, 0.15) is 11.4 Å². The molecule has 0 spiro atoms. The summed E-state index contributed by atoms with van der Waals surface area (Å²) in [6.07, 6.45) is 1.83. The minimum Gasteiger partial charge on any atom is -0.481 e. The van der Waals surface area contributed by atoms with Gasteiger partial charge in [0, 0.05) is 30.6 Å². The first kappa shape index (κ1) is 11.8. The predicted molar refractivity (Wildman–Crippen MR) is 61.7 cm³/mol. The van der Waals surface area contributed by atoms with Gasteiger partial charge < -0.3 is 15.3 Å². The Bertz CT molecular complexity index is 401. The van der Waals surface area contributed by atoms with Gasteiger partial charge in [-0.25, -0.2) is 9.78 Å². The van der Waals surface area contributed by atoms with Gasteiger partial charge in [0.25, 0.3) is 0 Å². The molecule has 1 aliphatic rings. The average molecular weight is 255 g/mol. The molecule has 0 atom stereocenters. The molecule has 7 heteroatoms. The number of rotatable bonds is 4. The van der Waals surface area contributed by atoms with Gasteiger partial charge >= 0.3 is 12.0 Å². The van der Waals surface area contributed by atoms with E-state index in [1.54, 1.807) is 11.1 Å². The Morgan fingerprint density at radius 2 is 2.35 bits per heavy atom. The second-order valence-electron chi connectivity index (χ2n) is 3.95. The van der Waals surface area contributed by atoms with E-state index in [4.69, 9.17) is 5.11 Å². The molecule has 1 aromatic rings. The zero-order valence-electron chi connectivity index (χ0n) is 9.13. The Balaban J connectivity index is 1.67. The number of carboxylic acids is 1. The molecule has 0 unspecified atom stereocenters. The molecule has 6 nitrogen and oxygen atoms in total. The monoisotopic (exact) mass is 255 g/mol. The van der Waals surface area contributed by atoms with Gasteiger partial charge in [0.15, 0.2) is 0 Å². The van der Waals surface area contributed by atoms with Gasteiger partial charge in [0.2, 0.25) is 0 Å². The summed E-state index contributed by atoms with van der Waals surface area (Å²) in [6.45, 7) is 1.47. The number of carbonyl (C=O) groups is 2. The number of urea groups is 1. The van der Waals surface area contributed by atoms with E-state index in [1.807, 2.05) is 5.38 Å². The molecule has 0 bridgehead atoms. The van der Waals surface area contributed by atoms with Crippen molar-refractivity contribution in [3.63, 3.8) is 0 Å². The minimum absolute atomic E-state index is 0.0955. The number of carbonyl (C=O) groups excluding carboxylic acids is 1. The van der Waals surface area contributed by atoms with E-state index < -0.39 is 5.97 Å². The fourth-order valence-corrected chi connectivity index (χ4v) is 2.27. The van der Waals surface area contributed by atoms with Crippen LogP contribution >= 0.6 is 11.3 Å². The number of nitrogens with one attached hydrogen (secondary N) is 1. The minimum atomic E-state index is -0.808. The van der Waals surface area contributed by atoms with Crippen LogP contribution in [0, 0.1) is 5.92 Å². The lowest BCUT2D eigenvalue weighted by molar-refractivity contribution is -0.139. The summed E-state index contributed by atoms with van der Waals surface area (Å²) in [5.41, 5.74) is 0. The second kappa shape index (κ2) is 5.13. The highest BCUT2D eigenvalue weighted by atomic mass is 32.1. The normalized spacial score (nSPS) is 15.4. The number of aliphatic carboxylic acids is 1. The molecule has 1 saturated heterocycles. The molecule has 2 heterocycles. The van der Waals surface area contributed by atoms with Crippen LogP contribution in [0.4, 0.5) is 4.79 Å². The first-order chi connectivity index (χ1) is 8.15. The molecule has 2 amide bonds. The van der Waals surface area contributed by atoms with E-state index >= 15 is 0 Å². The van der Waals surface area contributed by atoms with Gasteiger partial charge in [-0.2, -0.15) is 0 Å². The van der Waals surface area contributed by atoms with Gasteiger partial charge in [-0.1, -0.05) is 0 Å². The molecule has 1 fully saturated rings. The molecule has 2 N–H and O–H groups in total. The summed E-state index contributed by atoms with van der Waals surface area (Å²) in [6, 6.07) is -0.151. The maximum Gasteiger partial charge on any atom is 0.317 e. The van der Waals surface area contributed by atoms with E-state index in [9.17, 15) is 9.59 Å². The Labute approximate surface area is 102 Å². The number of thiazole rings is 1. The number of hydrogen-bond acceptors (Lipinski definition) is 4. The lowest BCUT2D eigenvalue weighted by atomic mass is 9.97. The zero-order chi connectivity index (χ0) is 12.3. The molecule has 0 aromatic carbocycles. The van der Waals surface area contributed by atoms with Gasteiger partial charge in [-0.3, -0.25) is 4.79 Å². The van der Waals surface area contributed by atoms with Crippen LogP contribution in [0.2, 0.25) is 0 Å². The van der Waals surface area contributed by atoms with Crippen LogP contribution in [0.3, 0.4) is 0 Å². The summed E-state index contributed by atoms with van der Waals surface area (Å²) in [5.74, 6) is -0.712. The molecule has 2 rings (SSSR count). The smallest absolute Gasteiger partial charge is 0.317 e. The topological polar surface area (TPSA) is 82.5 Å².